The minimum atomic E-state index is -0.401. The van der Waals surface area contributed by atoms with Crippen molar-refractivity contribution in [3.63, 3.8) is 0 Å². The molecule has 2 aromatic rings. The maximum absolute atomic E-state index is 12.0. The molecule has 0 heterocycles. The Labute approximate surface area is 153 Å². The Morgan fingerprint density at radius 3 is 2.38 bits per heavy atom. The molecular formula is C20H24N2O4. The van der Waals surface area contributed by atoms with Gasteiger partial charge in [0.1, 0.15) is 5.75 Å². The number of hydrogen-bond donors (Lipinski definition) is 2. The first kappa shape index (κ1) is 19.5. The van der Waals surface area contributed by atoms with Gasteiger partial charge in [0.15, 0.2) is 0 Å². The van der Waals surface area contributed by atoms with E-state index in [2.05, 4.69) is 15.4 Å². The number of benzene rings is 2. The van der Waals surface area contributed by atoms with E-state index in [1.807, 2.05) is 24.3 Å². The third-order valence-electron chi connectivity index (χ3n) is 3.88. The van der Waals surface area contributed by atoms with Crippen molar-refractivity contribution in [3.05, 3.63) is 59.7 Å². The molecule has 0 bridgehead atoms. The maximum atomic E-state index is 12.0. The standard InChI is InChI=1S/C20H24N2O4/c1-25-18-6-4-3-5-15(18)11-13-21-14-12-19(23)22-17-9-7-16(8-10-17)20(24)26-2/h3-10,21H,11-14H2,1-2H3,(H,22,23). The first-order valence-corrected chi connectivity index (χ1v) is 8.45. The van der Waals surface area contributed by atoms with Crippen molar-refractivity contribution in [1.29, 1.82) is 0 Å². The molecule has 2 rings (SSSR count). The van der Waals surface area contributed by atoms with Crippen LogP contribution in [-0.4, -0.2) is 39.2 Å². The van der Waals surface area contributed by atoms with Crippen molar-refractivity contribution in [3.8, 4) is 5.75 Å². The zero-order valence-electron chi connectivity index (χ0n) is 15.1. The Hall–Kier alpha value is -2.86. The fraction of sp³-hybridized carbons (Fsp3) is 0.300. The second kappa shape index (κ2) is 10.2. The Bertz CT molecular complexity index is 729. The fourth-order valence-electron chi connectivity index (χ4n) is 2.49. The van der Waals surface area contributed by atoms with E-state index >= 15 is 0 Å². The molecule has 0 saturated carbocycles. The van der Waals surface area contributed by atoms with Gasteiger partial charge in [0, 0.05) is 18.7 Å². The molecule has 0 aromatic heterocycles. The molecule has 0 radical (unpaired) electrons. The van der Waals surface area contributed by atoms with Crippen molar-refractivity contribution in [2.24, 2.45) is 0 Å². The largest absolute Gasteiger partial charge is 0.496 e. The Balaban J connectivity index is 1.68. The molecule has 6 nitrogen and oxygen atoms in total. The van der Waals surface area contributed by atoms with E-state index in [4.69, 9.17) is 4.74 Å². The number of ether oxygens (including phenoxy) is 2. The first-order valence-electron chi connectivity index (χ1n) is 8.45. The monoisotopic (exact) mass is 356 g/mol. The molecule has 26 heavy (non-hydrogen) atoms. The number of rotatable bonds is 9. The van der Waals surface area contributed by atoms with E-state index < -0.39 is 5.97 Å². The highest BCUT2D eigenvalue weighted by molar-refractivity contribution is 5.93. The lowest BCUT2D eigenvalue weighted by atomic mass is 10.1. The molecule has 6 heteroatoms. The topological polar surface area (TPSA) is 76.7 Å². The molecule has 0 atom stereocenters. The van der Waals surface area contributed by atoms with Gasteiger partial charge in [-0.05, 0) is 48.9 Å². The lowest BCUT2D eigenvalue weighted by molar-refractivity contribution is -0.116. The fourth-order valence-corrected chi connectivity index (χ4v) is 2.49. The molecule has 2 aromatic carbocycles. The van der Waals surface area contributed by atoms with Gasteiger partial charge < -0.3 is 20.1 Å². The number of para-hydroxylation sites is 1. The van der Waals surface area contributed by atoms with Crippen LogP contribution in [0.5, 0.6) is 5.75 Å². The third kappa shape index (κ3) is 5.89. The van der Waals surface area contributed by atoms with Gasteiger partial charge in [-0.25, -0.2) is 4.79 Å². The lowest BCUT2D eigenvalue weighted by Gasteiger charge is -2.09. The summed E-state index contributed by atoms with van der Waals surface area (Å²) in [5, 5.41) is 6.06. The van der Waals surface area contributed by atoms with Crippen molar-refractivity contribution >= 4 is 17.6 Å². The normalized spacial score (nSPS) is 10.2. The predicted molar refractivity (Wildman–Crippen MR) is 101 cm³/mol. The number of anilines is 1. The smallest absolute Gasteiger partial charge is 0.337 e. The summed E-state index contributed by atoms with van der Waals surface area (Å²) in [5.41, 5.74) is 2.23. The molecule has 0 aliphatic carbocycles. The second-order valence-electron chi connectivity index (χ2n) is 5.68. The van der Waals surface area contributed by atoms with Gasteiger partial charge >= 0.3 is 5.97 Å². The highest BCUT2D eigenvalue weighted by Crippen LogP contribution is 2.17. The van der Waals surface area contributed by atoms with E-state index in [-0.39, 0.29) is 5.91 Å². The Morgan fingerprint density at radius 2 is 1.69 bits per heavy atom. The van der Waals surface area contributed by atoms with Gasteiger partial charge in [-0.1, -0.05) is 18.2 Å². The quantitative estimate of drug-likeness (QED) is 0.534. The van der Waals surface area contributed by atoms with Crippen LogP contribution in [0.2, 0.25) is 0 Å². The van der Waals surface area contributed by atoms with Crippen molar-refractivity contribution in [2.75, 3.05) is 32.6 Å². The van der Waals surface area contributed by atoms with E-state index in [1.165, 1.54) is 7.11 Å². The molecule has 138 valence electrons. The zero-order chi connectivity index (χ0) is 18.8. The van der Waals surface area contributed by atoms with Crippen LogP contribution in [0.15, 0.2) is 48.5 Å². The molecule has 0 aliphatic rings. The summed E-state index contributed by atoms with van der Waals surface area (Å²) in [4.78, 5) is 23.3. The summed E-state index contributed by atoms with van der Waals surface area (Å²) < 4.78 is 9.95. The van der Waals surface area contributed by atoms with Crippen LogP contribution < -0.4 is 15.4 Å². The van der Waals surface area contributed by atoms with Gasteiger partial charge in [-0.2, -0.15) is 0 Å². The summed E-state index contributed by atoms with van der Waals surface area (Å²) in [7, 11) is 2.99. The SMILES string of the molecule is COC(=O)c1ccc(NC(=O)CCNCCc2ccccc2OC)cc1. The molecular weight excluding hydrogens is 332 g/mol. The van der Waals surface area contributed by atoms with Crippen molar-refractivity contribution in [1.82, 2.24) is 5.32 Å². The molecule has 0 spiro atoms. The van der Waals surface area contributed by atoms with Gasteiger partial charge in [-0.15, -0.1) is 0 Å². The van der Waals surface area contributed by atoms with Crippen molar-refractivity contribution in [2.45, 2.75) is 12.8 Å². The molecule has 0 unspecified atom stereocenters. The van der Waals surface area contributed by atoms with E-state index in [9.17, 15) is 9.59 Å². The van der Waals surface area contributed by atoms with Gasteiger partial charge in [0.2, 0.25) is 5.91 Å². The molecule has 1 amide bonds. The summed E-state index contributed by atoms with van der Waals surface area (Å²) >= 11 is 0. The van der Waals surface area contributed by atoms with Crippen LogP contribution in [0.1, 0.15) is 22.3 Å². The number of carbonyl (C=O) groups is 2. The number of carbonyl (C=O) groups excluding carboxylic acids is 2. The lowest BCUT2D eigenvalue weighted by Crippen LogP contribution is -2.23. The van der Waals surface area contributed by atoms with Crippen molar-refractivity contribution < 1.29 is 19.1 Å². The number of nitrogens with one attached hydrogen (secondary N) is 2. The van der Waals surface area contributed by atoms with Crippen LogP contribution in [0, 0.1) is 0 Å². The van der Waals surface area contributed by atoms with Crippen LogP contribution >= 0.6 is 0 Å². The van der Waals surface area contributed by atoms with Crippen LogP contribution in [0.25, 0.3) is 0 Å². The third-order valence-corrected chi connectivity index (χ3v) is 3.88. The second-order valence-corrected chi connectivity index (χ2v) is 5.68. The average Bonchev–Trinajstić information content (AvgIpc) is 2.68. The Kier molecular flexibility index (Phi) is 7.64. The molecule has 0 saturated heterocycles. The summed E-state index contributed by atoms with van der Waals surface area (Å²) in [6.45, 7) is 1.35. The molecule has 0 fully saturated rings. The van der Waals surface area contributed by atoms with Gasteiger partial charge in [0.25, 0.3) is 0 Å². The predicted octanol–water partition coefficient (Wildman–Crippen LogP) is 2.64. The van der Waals surface area contributed by atoms with Gasteiger partial charge in [0.05, 0.1) is 19.8 Å². The summed E-state index contributed by atoms with van der Waals surface area (Å²) in [6, 6.07) is 14.5. The number of esters is 1. The van der Waals surface area contributed by atoms with Crippen LogP contribution in [-0.2, 0) is 16.0 Å². The van der Waals surface area contributed by atoms with E-state index in [0.29, 0.717) is 24.2 Å². The van der Waals surface area contributed by atoms with E-state index in [0.717, 1.165) is 24.3 Å². The summed E-state index contributed by atoms with van der Waals surface area (Å²) in [6.07, 6.45) is 1.20. The Morgan fingerprint density at radius 1 is 0.962 bits per heavy atom. The number of amides is 1. The molecule has 0 aliphatic heterocycles. The van der Waals surface area contributed by atoms with Crippen LogP contribution in [0.4, 0.5) is 5.69 Å². The zero-order valence-corrected chi connectivity index (χ0v) is 15.1. The van der Waals surface area contributed by atoms with E-state index in [1.54, 1.807) is 31.4 Å². The van der Waals surface area contributed by atoms with Crippen LogP contribution in [0.3, 0.4) is 0 Å². The first-order chi connectivity index (χ1) is 12.6. The van der Waals surface area contributed by atoms with Gasteiger partial charge in [-0.3, -0.25) is 4.79 Å². The highest BCUT2D eigenvalue weighted by atomic mass is 16.5. The number of hydrogen-bond acceptors (Lipinski definition) is 5. The minimum absolute atomic E-state index is 0.0828. The molecule has 2 N–H and O–H groups in total. The highest BCUT2D eigenvalue weighted by Gasteiger charge is 2.06. The minimum Gasteiger partial charge on any atom is -0.496 e. The average molecular weight is 356 g/mol. The summed E-state index contributed by atoms with van der Waals surface area (Å²) in [5.74, 6) is 0.394. The maximum Gasteiger partial charge on any atom is 0.337 e. The number of methoxy groups -OCH3 is 2.